The second kappa shape index (κ2) is 8.33. The van der Waals surface area contributed by atoms with Gasteiger partial charge in [-0.3, -0.25) is 19.4 Å². The van der Waals surface area contributed by atoms with E-state index in [9.17, 15) is 14.9 Å². The van der Waals surface area contributed by atoms with Gasteiger partial charge < -0.3 is 5.32 Å². The molecule has 1 amide bonds. The second-order valence-corrected chi connectivity index (χ2v) is 7.56. The number of carbonyl (C=O) groups is 2. The van der Waals surface area contributed by atoms with Gasteiger partial charge in [-0.2, -0.15) is 15.5 Å². The van der Waals surface area contributed by atoms with Crippen molar-refractivity contribution in [1.82, 2.24) is 20.0 Å². The third-order valence-corrected chi connectivity index (χ3v) is 5.60. The van der Waals surface area contributed by atoms with Crippen LogP contribution in [0.1, 0.15) is 41.7 Å². The minimum Gasteiger partial charge on any atom is -0.322 e. The molecule has 1 aromatic carbocycles. The molecule has 2 atom stereocenters. The average Bonchev–Trinajstić information content (AvgIpc) is 3.43. The number of aromatic amines is 1. The zero-order valence-electron chi connectivity index (χ0n) is 16.6. The topological polar surface area (TPSA) is 116 Å². The quantitative estimate of drug-likeness (QED) is 0.635. The fourth-order valence-electron chi connectivity index (χ4n) is 4.09. The fraction of sp³-hybridized carbons (Fsp3) is 0.318. The number of nitrogens with zero attached hydrogens (tertiary/aromatic N) is 4. The Morgan fingerprint density at radius 1 is 1.17 bits per heavy atom. The molecule has 0 aliphatic heterocycles. The van der Waals surface area contributed by atoms with Crippen molar-refractivity contribution in [3.63, 3.8) is 0 Å². The molecule has 0 spiro atoms. The lowest BCUT2D eigenvalue weighted by Gasteiger charge is -2.29. The van der Waals surface area contributed by atoms with Crippen molar-refractivity contribution in [3.8, 4) is 17.3 Å². The van der Waals surface area contributed by atoms with Crippen LogP contribution in [0.5, 0.6) is 0 Å². The molecule has 3 aromatic rings. The van der Waals surface area contributed by atoms with Crippen LogP contribution >= 0.6 is 0 Å². The molecular weight excluding hydrogens is 380 g/mol. The molecule has 0 radical (unpaired) electrons. The predicted octanol–water partition coefficient (Wildman–Crippen LogP) is 3.31. The molecule has 1 aliphatic rings. The molecule has 2 unspecified atom stereocenters. The number of amides is 1. The molecule has 1 saturated carbocycles. The Balaban J connectivity index is 1.52. The van der Waals surface area contributed by atoms with Gasteiger partial charge in [-0.1, -0.05) is 37.1 Å². The molecular formula is C22H22N6O2. The molecule has 1 fully saturated rings. The molecule has 0 bridgehead atoms. The van der Waals surface area contributed by atoms with E-state index in [-0.39, 0.29) is 23.3 Å². The van der Waals surface area contributed by atoms with E-state index in [2.05, 4.69) is 20.6 Å². The first kappa shape index (κ1) is 19.6. The first-order valence-corrected chi connectivity index (χ1v) is 9.96. The number of H-pyrrole nitrogens is 1. The summed E-state index contributed by atoms with van der Waals surface area (Å²) in [6.45, 7) is 0. The van der Waals surface area contributed by atoms with Crippen LogP contribution in [0.4, 0.5) is 5.69 Å². The summed E-state index contributed by atoms with van der Waals surface area (Å²) in [4.78, 5) is 26.2. The van der Waals surface area contributed by atoms with E-state index in [1.54, 1.807) is 31.6 Å². The molecule has 8 heteroatoms. The lowest BCUT2D eigenvalue weighted by molar-refractivity contribution is -0.122. The smallest absolute Gasteiger partial charge is 0.228 e. The minimum absolute atomic E-state index is 0.0184. The fourth-order valence-corrected chi connectivity index (χ4v) is 4.09. The standard InChI is InChI=1S/C22H22N6O2/c1-28-13-20(19(12-23)27-28)25-22(30)17-5-3-2-4-16(17)21(29)15-8-6-14(7-9-15)18-10-11-24-26-18/h6-11,13,16-17H,2-5H2,1H3,(H,24,26)(H,25,30). The van der Waals surface area contributed by atoms with E-state index in [0.29, 0.717) is 24.1 Å². The monoisotopic (exact) mass is 402 g/mol. The highest BCUT2D eigenvalue weighted by atomic mass is 16.2. The summed E-state index contributed by atoms with van der Waals surface area (Å²) < 4.78 is 1.48. The number of hydrogen-bond donors (Lipinski definition) is 2. The van der Waals surface area contributed by atoms with Gasteiger partial charge in [-0.15, -0.1) is 0 Å². The third-order valence-electron chi connectivity index (χ3n) is 5.60. The normalized spacial score (nSPS) is 18.5. The highest BCUT2D eigenvalue weighted by molar-refractivity contribution is 6.03. The maximum atomic E-state index is 13.2. The van der Waals surface area contributed by atoms with Gasteiger partial charge >= 0.3 is 0 Å². The van der Waals surface area contributed by atoms with Gasteiger partial charge in [0.25, 0.3) is 0 Å². The van der Waals surface area contributed by atoms with Crippen LogP contribution < -0.4 is 5.32 Å². The van der Waals surface area contributed by atoms with E-state index in [1.807, 2.05) is 24.3 Å². The summed E-state index contributed by atoms with van der Waals surface area (Å²) >= 11 is 0. The van der Waals surface area contributed by atoms with Gasteiger partial charge in [0, 0.05) is 42.4 Å². The van der Waals surface area contributed by atoms with Crippen LogP contribution in [0.2, 0.25) is 0 Å². The SMILES string of the molecule is Cn1cc(NC(=O)C2CCCCC2C(=O)c2ccc(-c3cc[nH]n3)cc2)c(C#N)n1. The van der Waals surface area contributed by atoms with Crippen molar-refractivity contribution < 1.29 is 9.59 Å². The Morgan fingerprint density at radius 2 is 1.90 bits per heavy atom. The van der Waals surface area contributed by atoms with Crippen molar-refractivity contribution in [1.29, 1.82) is 5.26 Å². The molecule has 30 heavy (non-hydrogen) atoms. The summed E-state index contributed by atoms with van der Waals surface area (Å²) in [5.41, 5.74) is 2.88. The van der Waals surface area contributed by atoms with Crippen molar-refractivity contribution in [2.45, 2.75) is 25.7 Å². The van der Waals surface area contributed by atoms with Crippen LogP contribution in [0.25, 0.3) is 11.3 Å². The number of Topliss-reactive ketones (excluding diaryl/α,β-unsaturated/α-hetero) is 1. The molecule has 152 valence electrons. The number of aryl methyl sites for hydroxylation is 1. The zero-order chi connectivity index (χ0) is 21.1. The van der Waals surface area contributed by atoms with E-state index in [0.717, 1.165) is 24.1 Å². The van der Waals surface area contributed by atoms with Gasteiger partial charge in [0.05, 0.1) is 11.4 Å². The summed E-state index contributed by atoms with van der Waals surface area (Å²) in [7, 11) is 1.69. The van der Waals surface area contributed by atoms with Gasteiger partial charge in [0.15, 0.2) is 11.5 Å². The summed E-state index contributed by atoms with van der Waals surface area (Å²) in [6.07, 6.45) is 6.50. The Labute approximate surface area is 173 Å². The number of nitrogens with one attached hydrogen (secondary N) is 2. The number of rotatable bonds is 5. The van der Waals surface area contributed by atoms with Crippen molar-refractivity contribution in [2.24, 2.45) is 18.9 Å². The molecule has 8 nitrogen and oxygen atoms in total. The molecule has 2 aromatic heterocycles. The molecule has 1 aliphatic carbocycles. The van der Waals surface area contributed by atoms with E-state index in [4.69, 9.17) is 0 Å². The molecule has 4 rings (SSSR count). The number of aromatic nitrogens is 4. The van der Waals surface area contributed by atoms with Crippen LogP contribution in [0.15, 0.2) is 42.7 Å². The summed E-state index contributed by atoms with van der Waals surface area (Å²) in [6, 6.07) is 11.2. The van der Waals surface area contributed by atoms with Crippen LogP contribution in [0, 0.1) is 23.2 Å². The Morgan fingerprint density at radius 3 is 2.57 bits per heavy atom. The molecule has 2 heterocycles. The van der Waals surface area contributed by atoms with Crippen molar-refractivity contribution in [2.75, 3.05) is 5.32 Å². The van der Waals surface area contributed by atoms with E-state index < -0.39 is 5.92 Å². The lowest BCUT2D eigenvalue weighted by Crippen LogP contribution is -2.36. The maximum absolute atomic E-state index is 13.2. The summed E-state index contributed by atoms with van der Waals surface area (Å²) in [5.74, 6) is -1.05. The maximum Gasteiger partial charge on any atom is 0.228 e. The Bertz CT molecular complexity index is 1090. The Kier molecular flexibility index (Phi) is 5.44. The van der Waals surface area contributed by atoms with Crippen LogP contribution in [-0.4, -0.2) is 31.7 Å². The highest BCUT2D eigenvalue weighted by Crippen LogP contribution is 2.34. The first-order valence-electron chi connectivity index (χ1n) is 9.96. The van der Waals surface area contributed by atoms with Gasteiger partial charge in [-0.25, -0.2) is 0 Å². The van der Waals surface area contributed by atoms with Crippen molar-refractivity contribution >= 4 is 17.4 Å². The van der Waals surface area contributed by atoms with Crippen LogP contribution in [0.3, 0.4) is 0 Å². The Hall–Kier alpha value is -3.73. The zero-order valence-corrected chi connectivity index (χ0v) is 16.6. The predicted molar refractivity (Wildman–Crippen MR) is 110 cm³/mol. The number of benzene rings is 1. The first-order chi connectivity index (χ1) is 14.6. The highest BCUT2D eigenvalue weighted by Gasteiger charge is 2.36. The third kappa shape index (κ3) is 3.87. The lowest BCUT2D eigenvalue weighted by atomic mass is 9.75. The second-order valence-electron chi connectivity index (χ2n) is 7.56. The van der Waals surface area contributed by atoms with Gasteiger partial charge in [-0.05, 0) is 18.9 Å². The average molecular weight is 402 g/mol. The van der Waals surface area contributed by atoms with Gasteiger partial charge in [0.1, 0.15) is 6.07 Å². The number of carbonyl (C=O) groups excluding carboxylic acids is 2. The largest absolute Gasteiger partial charge is 0.322 e. The molecule has 0 saturated heterocycles. The van der Waals surface area contributed by atoms with E-state index >= 15 is 0 Å². The summed E-state index contributed by atoms with van der Waals surface area (Å²) in [5, 5.41) is 23.0. The molecule has 2 N–H and O–H groups in total. The van der Waals surface area contributed by atoms with Crippen LogP contribution in [-0.2, 0) is 11.8 Å². The number of ketones is 1. The van der Waals surface area contributed by atoms with Crippen molar-refractivity contribution in [3.05, 3.63) is 54.0 Å². The number of nitriles is 1. The van der Waals surface area contributed by atoms with Gasteiger partial charge in [0.2, 0.25) is 5.91 Å². The number of anilines is 1. The van der Waals surface area contributed by atoms with E-state index in [1.165, 1.54) is 4.68 Å². The number of hydrogen-bond acceptors (Lipinski definition) is 5. The minimum atomic E-state index is -0.427.